The van der Waals surface area contributed by atoms with E-state index in [0.717, 1.165) is 18.2 Å². The van der Waals surface area contributed by atoms with Gasteiger partial charge in [0.15, 0.2) is 0 Å². The van der Waals surface area contributed by atoms with E-state index in [0.29, 0.717) is 11.2 Å². The Morgan fingerprint density at radius 2 is 2.33 bits per heavy atom. The third-order valence-electron chi connectivity index (χ3n) is 3.10. The maximum atomic E-state index is 5.79. The summed E-state index contributed by atoms with van der Waals surface area (Å²) < 4.78 is 0. The second-order valence-corrected chi connectivity index (χ2v) is 4.46. The lowest BCUT2D eigenvalue weighted by Gasteiger charge is -2.33. The second-order valence-electron chi connectivity index (χ2n) is 4.08. The van der Waals surface area contributed by atoms with Gasteiger partial charge in [-0.15, -0.1) is 0 Å². The fourth-order valence-electron chi connectivity index (χ4n) is 2.00. The largest absolute Gasteiger partial charge is 0.366 e. The number of aromatic nitrogens is 2. The molecule has 15 heavy (non-hydrogen) atoms. The first-order valence-corrected chi connectivity index (χ1v) is 5.91. The molecule has 2 rings (SSSR count). The molecule has 1 aromatic rings. The topological polar surface area (TPSA) is 37.8 Å². The minimum absolute atomic E-state index is 0.448. The van der Waals surface area contributed by atoms with Gasteiger partial charge in [0.25, 0.3) is 0 Å². The van der Waals surface area contributed by atoms with Crippen molar-refractivity contribution in [2.75, 3.05) is 5.32 Å². The van der Waals surface area contributed by atoms with E-state index >= 15 is 0 Å². The van der Waals surface area contributed by atoms with Gasteiger partial charge in [-0.2, -0.15) is 0 Å². The van der Waals surface area contributed by atoms with Gasteiger partial charge < -0.3 is 5.32 Å². The summed E-state index contributed by atoms with van der Waals surface area (Å²) in [6, 6.07) is 0.520. The highest BCUT2D eigenvalue weighted by molar-refractivity contribution is 6.29. The Morgan fingerprint density at radius 1 is 1.53 bits per heavy atom. The zero-order valence-electron chi connectivity index (χ0n) is 8.91. The molecule has 1 atom stereocenters. The molecule has 1 aliphatic carbocycles. The van der Waals surface area contributed by atoms with E-state index in [4.69, 9.17) is 11.6 Å². The highest BCUT2D eigenvalue weighted by Crippen LogP contribution is 2.32. The Bertz CT molecular complexity index is 325. The van der Waals surface area contributed by atoms with E-state index < -0.39 is 0 Å². The first-order chi connectivity index (χ1) is 7.29. The summed E-state index contributed by atoms with van der Waals surface area (Å²) in [5, 5.41) is 3.86. The molecule has 4 heteroatoms. The van der Waals surface area contributed by atoms with Gasteiger partial charge in [-0.1, -0.05) is 24.9 Å². The highest BCUT2D eigenvalue weighted by atomic mass is 35.5. The summed E-state index contributed by atoms with van der Waals surface area (Å²) in [5.41, 5.74) is 0. The van der Waals surface area contributed by atoms with Crippen LogP contribution in [0.1, 0.15) is 32.6 Å². The lowest BCUT2D eigenvalue weighted by molar-refractivity contribution is 0.270. The molecular weight excluding hydrogens is 210 g/mol. The van der Waals surface area contributed by atoms with Crippen LogP contribution in [0.4, 0.5) is 5.82 Å². The van der Waals surface area contributed by atoms with Crippen LogP contribution in [0.25, 0.3) is 0 Å². The van der Waals surface area contributed by atoms with E-state index in [1.807, 2.05) is 0 Å². The van der Waals surface area contributed by atoms with Crippen molar-refractivity contribution in [3.63, 3.8) is 0 Å². The third-order valence-corrected chi connectivity index (χ3v) is 3.28. The van der Waals surface area contributed by atoms with Crippen molar-refractivity contribution in [3.8, 4) is 0 Å². The third kappa shape index (κ3) is 2.59. The van der Waals surface area contributed by atoms with Crippen LogP contribution in [0.5, 0.6) is 0 Å². The molecule has 1 fully saturated rings. The van der Waals surface area contributed by atoms with Crippen LogP contribution >= 0.6 is 11.6 Å². The van der Waals surface area contributed by atoms with Gasteiger partial charge in [-0.05, 0) is 25.2 Å². The zero-order chi connectivity index (χ0) is 10.7. The number of hydrogen-bond acceptors (Lipinski definition) is 3. The minimum Gasteiger partial charge on any atom is -0.366 e. The second kappa shape index (κ2) is 4.79. The minimum atomic E-state index is 0.448. The molecule has 0 saturated heterocycles. The van der Waals surface area contributed by atoms with Crippen molar-refractivity contribution in [1.29, 1.82) is 0 Å². The van der Waals surface area contributed by atoms with Crippen molar-refractivity contribution in [2.45, 2.75) is 38.6 Å². The van der Waals surface area contributed by atoms with Crippen molar-refractivity contribution >= 4 is 17.4 Å². The van der Waals surface area contributed by atoms with E-state index in [1.165, 1.54) is 19.3 Å². The molecule has 1 heterocycles. The Morgan fingerprint density at radius 3 is 2.87 bits per heavy atom. The Kier molecular flexibility index (Phi) is 3.41. The fourth-order valence-corrected chi connectivity index (χ4v) is 2.14. The molecule has 0 amide bonds. The molecule has 3 nitrogen and oxygen atoms in total. The molecule has 0 bridgehead atoms. The lowest BCUT2D eigenvalue weighted by Crippen LogP contribution is -2.33. The molecule has 0 aromatic carbocycles. The van der Waals surface area contributed by atoms with Crippen LogP contribution in [-0.2, 0) is 0 Å². The standard InChI is InChI=1S/C11H16ClN3/c1-2-9(8-4-3-5-8)14-11-7-13-6-10(12)15-11/h6-9H,2-5H2,1H3,(H,14,15). The van der Waals surface area contributed by atoms with Crippen molar-refractivity contribution in [3.05, 3.63) is 17.5 Å². The van der Waals surface area contributed by atoms with Gasteiger partial charge in [0.05, 0.1) is 12.4 Å². The van der Waals surface area contributed by atoms with Crippen LogP contribution in [0.15, 0.2) is 12.4 Å². The van der Waals surface area contributed by atoms with Gasteiger partial charge in [0.1, 0.15) is 11.0 Å². The van der Waals surface area contributed by atoms with Gasteiger partial charge in [-0.25, -0.2) is 4.98 Å². The maximum absolute atomic E-state index is 5.79. The highest BCUT2D eigenvalue weighted by Gasteiger charge is 2.26. The molecule has 1 N–H and O–H groups in total. The van der Waals surface area contributed by atoms with Crippen molar-refractivity contribution < 1.29 is 0 Å². The SMILES string of the molecule is CCC(Nc1cncc(Cl)n1)C1CCC1. The fraction of sp³-hybridized carbons (Fsp3) is 0.636. The van der Waals surface area contributed by atoms with Gasteiger partial charge in [0.2, 0.25) is 0 Å². The van der Waals surface area contributed by atoms with Gasteiger partial charge in [0, 0.05) is 6.04 Å². The molecule has 1 aromatic heterocycles. The lowest BCUT2D eigenvalue weighted by atomic mass is 9.79. The summed E-state index contributed by atoms with van der Waals surface area (Å²) in [4.78, 5) is 8.21. The smallest absolute Gasteiger partial charge is 0.149 e. The van der Waals surface area contributed by atoms with Crippen LogP contribution in [0, 0.1) is 5.92 Å². The summed E-state index contributed by atoms with van der Waals surface area (Å²) in [6.45, 7) is 2.20. The van der Waals surface area contributed by atoms with E-state index in [9.17, 15) is 0 Å². The number of hydrogen-bond donors (Lipinski definition) is 1. The van der Waals surface area contributed by atoms with Crippen molar-refractivity contribution in [2.24, 2.45) is 5.92 Å². The number of anilines is 1. The quantitative estimate of drug-likeness (QED) is 0.856. The number of nitrogens with zero attached hydrogens (tertiary/aromatic N) is 2. The number of halogens is 1. The Labute approximate surface area is 95.3 Å². The van der Waals surface area contributed by atoms with Crippen LogP contribution in [0.3, 0.4) is 0 Å². The first kappa shape index (κ1) is 10.7. The summed E-state index contributed by atoms with van der Waals surface area (Å²) in [6.07, 6.45) is 8.44. The van der Waals surface area contributed by atoms with Crippen LogP contribution < -0.4 is 5.32 Å². The Balaban J connectivity index is 1.99. The molecule has 1 aliphatic rings. The van der Waals surface area contributed by atoms with E-state index in [1.54, 1.807) is 12.4 Å². The number of nitrogens with one attached hydrogen (secondary N) is 1. The van der Waals surface area contributed by atoms with Crippen molar-refractivity contribution in [1.82, 2.24) is 9.97 Å². The molecule has 0 radical (unpaired) electrons. The van der Waals surface area contributed by atoms with E-state index in [-0.39, 0.29) is 0 Å². The number of rotatable bonds is 4. The zero-order valence-corrected chi connectivity index (χ0v) is 9.67. The molecule has 1 unspecified atom stereocenters. The predicted molar refractivity (Wildman–Crippen MR) is 62.1 cm³/mol. The molecule has 0 spiro atoms. The normalized spacial score (nSPS) is 18.3. The molecule has 1 saturated carbocycles. The average molecular weight is 226 g/mol. The maximum Gasteiger partial charge on any atom is 0.149 e. The van der Waals surface area contributed by atoms with Crippen LogP contribution in [-0.4, -0.2) is 16.0 Å². The van der Waals surface area contributed by atoms with E-state index in [2.05, 4.69) is 22.2 Å². The predicted octanol–water partition coefficient (Wildman–Crippen LogP) is 3.12. The molecular formula is C11H16ClN3. The summed E-state index contributed by atoms with van der Waals surface area (Å²) in [7, 11) is 0. The van der Waals surface area contributed by atoms with Crippen LogP contribution in [0.2, 0.25) is 5.15 Å². The van der Waals surface area contributed by atoms with Gasteiger partial charge in [-0.3, -0.25) is 4.98 Å². The first-order valence-electron chi connectivity index (χ1n) is 5.53. The Hall–Kier alpha value is -0.830. The summed E-state index contributed by atoms with van der Waals surface area (Å²) in [5.74, 6) is 1.59. The summed E-state index contributed by atoms with van der Waals surface area (Å²) >= 11 is 5.79. The monoisotopic (exact) mass is 225 g/mol. The van der Waals surface area contributed by atoms with Gasteiger partial charge >= 0.3 is 0 Å². The average Bonchev–Trinajstić information content (AvgIpc) is 2.14. The molecule has 82 valence electrons. The molecule has 0 aliphatic heterocycles.